The monoisotopic (exact) mass is 348 g/mol. The van der Waals surface area contributed by atoms with Gasteiger partial charge >= 0.3 is 5.97 Å². The fourth-order valence-corrected chi connectivity index (χ4v) is 2.81. The van der Waals surface area contributed by atoms with Gasteiger partial charge in [-0.3, -0.25) is 0 Å². The van der Waals surface area contributed by atoms with E-state index >= 15 is 0 Å². The molecule has 128 valence electrons. The minimum atomic E-state index is -1.03. The maximum absolute atomic E-state index is 13.1. The minimum absolute atomic E-state index is 0.0355. The molecule has 0 unspecified atom stereocenters. The fourth-order valence-electron chi connectivity index (χ4n) is 2.81. The highest BCUT2D eigenvalue weighted by molar-refractivity contribution is 5.93. The first-order valence-electron chi connectivity index (χ1n) is 7.83. The lowest BCUT2D eigenvalue weighted by Gasteiger charge is -2.06. The van der Waals surface area contributed by atoms with Crippen LogP contribution in [0.1, 0.15) is 10.4 Å². The van der Waals surface area contributed by atoms with Gasteiger partial charge in [-0.25, -0.2) is 14.2 Å². The molecule has 4 aromatic rings. The van der Waals surface area contributed by atoms with Gasteiger partial charge in [0.05, 0.1) is 22.2 Å². The molecule has 0 fully saturated rings. The van der Waals surface area contributed by atoms with Crippen molar-refractivity contribution < 1.29 is 19.4 Å². The molecule has 0 atom stereocenters. The number of aromatic hydroxyl groups is 1. The Balaban J connectivity index is 1.82. The summed E-state index contributed by atoms with van der Waals surface area (Å²) in [6.07, 6.45) is 0. The van der Waals surface area contributed by atoms with Gasteiger partial charge in [-0.1, -0.05) is 18.2 Å². The molecule has 3 N–H and O–H groups in total. The quantitative estimate of drug-likeness (QED) is 0.511. The van der Waals surface area contributed by atoms with Crippen molar-refractivity contribution in [2.45, 2.75) is 0 Å². The topological polar surface area (TPSA) is 86.2 Å². The summed E-state index contributed by atoms with van der Waals surface area (Å²) >= 11 is 0. The molecule has 26 heavy (non-hydrogen) atoms. The molecule has 3 aromatic carbocycles. The average molecular weight is 348 g/mol. The number of hydrogen-bond donors (Lipinski definition) is 3. The van der Waals surface area contributed by atoms with E-state index in [1.165, 1.54) is 24.3 Å². The molecule has 0 aliphatic heterocycles. The minimum Gasteiger partial charge on any atom is -0.507 e. The molecule has 0 saturated heterocycles. The summed E-state index contributed by atoms with van der Waals surface area (Å²) in [5.41, 5.74) is 3.37. The first-order chi connectivity index (χ1) is 12.5. The zero-order chi connectivity index (χ0) is 18.3. The number of aromatic carboxylic acids is 1. The van der Waals surface area contributed by atoms with Crippen molar-refractivity contribution in [3.05, 3.63) is 72.0 Å². The Morgan fingerprint density at radius 2 is 1.69 bits per heavy atom. The number of phenols is 1. The number of rotatable bonds is 3. The van der Waals surface area contributed by atoms with Crippen LogP contribution in [0.25, 0.3) is 33.5 Å². The smallest absolute Gasteiger partial charge is 0.335 e. The number of halogens is 1. The normalized spacial score (nSPS) is 11.0. The predicted octanol–water partition coefficient (Wildman–Crippen LogP) is 4.44. The number of nitrogens with one attached hydrogen (secondary N) is 1. The molecular weight excluding hydrogens is 335 g/mol. The van der Waals surface area contributed by atoms with E-state index in [1.54, 1.807) is 36.4 Å². The Hall–Kier alpha value is -3.67. The molecular formula is C20H13FN2O3. The number of nitrogens with zero attached hydrogens (tertiary/aromatic N) is 1. The van der Waals surface area contributed by atoms with Gasteiger partial charge < -0.3 is 15.2 Å². The van der Waals surface area contributed by atoms with E-state index in [9.17, 15) is 14.3 Å². The van der Waals surface area contributed by atoms with E-state index in [2.05, 4.69) is 9.97 Å². The molecule has 1 heterocycles. The number of fused-ring (bicyclic) bond motifs is 1. The highest BCUT2D eigenvalue weighted by Gasteiger charge is 2.13. The zero-order valence-corrected chi connectivity index (χ0v) is 13.4. The predicted molar refractivity (Wildman–Crippen MR) is 95.5 cm³/mol. The Labute approximate surface area is 147 Å². The van der Waals surface area contributed by atoms with Gasteiger partial charge in [-0.05, 0) is 53.6 Å². The molecule has 0 aliphatic carbocycles. The largest absolute Gasteiger partial charge is 0.507 e. The van der Waals surface area contributed by atoms with Crippen molar-refractivity contribution in [1.82, 2.24) is 9.97 Å². The summed E-state index contributed by atoms with van der Waals surface area (Å²) in [7, 11) is 0. The van der Waals surface area contributed by atoms with Crippen LogP contribution in [0.4, 0.5) is 4.39 Å². The van der Waals surface area contributed by atoms with E-state index in [0.29, 0.717) is 22.4 Å². The average Bonchev–Trinajstić information content (AvgIpc) is 3.05. The first-order valence-corrected chi connectivity index (χ1v) is 7.83. The molecule has 0 amide bonds. The lowest BCUT2D eigenvalue weighted by atomic mass is 10.0. The second-order valence-electron chi connectivity index (χ2n) is 5.86. The van der Waals surface area contributed by atoms with Crippen LogP contribution >= 0.6 is 0 Å². The van der Waals surface area contributed by atoms with Crippen molar-refractivity contribution in [2.24, 2.45) is 0 Å². The van der Waals surface area contributed by atoms with Crippen LogP contribution < -0.4 is 0 Å². The molecule has 0 radical (unpaired) electrons. The van der Waals surface area contributed by atoms with Crippen LogP contribution in [-0.4, -0.2) is 26.2 Å². The molecule has 5 nitrogen and oxygen atoms in total. The van der Waals surface area contributed by atoms with E-state index in [0.717, 1.165) is 11.1 Å². The molecule has 0 spiro atoms. The SMILES string of the molecule is O=C(O)c1ccc2[nH]c(-c3cc(-c4ccc(F)cc4)ccc3O)nc2c1. The second kappa shape index (κ2) is 6.00. The number of benzene rings is 3. The van der Waals surface area contributed by atoms with Crippen molar-refractivity contribution in [1.29, 1.82) is 0 Å². The number of phenolic OH excluding ortho intramolecular Hbond substituents is 1. The van der Waals surface area contributed by atoms with Crippen LogP contribution in [0.15, 0.2) is 60.7 Å². The molecule has 0 saturated carbocycles. The van der Waals surface area contributed by atoms with Gasteiger partial charge in [0.1, 0.15) is 17.4 Å². The van der Waals surface area contributed by atoms with Gasteiger partial charge in [-0.2, -0.15) is 0 Å². The van der Waals surface area contributed by atoms with Crippen LogP contribution in [-0.2, 0) is 0 Å². The van der Waals surface area contributed by atoms with E-state index in [-0.39, 0.29) is 17.1 Å². The third-order valence-corrected chi connectivity index (χ3v) is 4.16. The van der Waals surface area contributed by atoms with Crippen LogP contribution in [0.2, 0.25) is 0 Å². The molecule has 6 heteroatoms. The number of carbonyl (C=O) groups is 1. The standard InChI is InChI=1S/C20H13FN2O3/c21-14-5-1-11(2-6-14)12-4-8-18(24)15(9-12)19-22-16-7-3-13(20(25)26)10-17(16)23-19/h1-10,24H,(H,22,23)(H,25,26). The number of H-pyrrole nitrogens is 1. The lowest BCUT2D eigenvalue weighted by Crippen LogP contribution is -1.94. The molecule has 1 aromatic heterocycles. The van der Waals surface area contributed by atoms with Gasteiger partial charge in [0.15, 0.2) is 0 Å². The van der Waals surface area contributed by atoms with E-state index in [4.69, 9.17) is 5.11 Å². The third kappa shape index (κ3) is 2.77. The summed E-state index contributed by atoms with van der Waals surface area (Å²) in [5.74, 6) is -0.894. The Kier molecular flexibility index (Phi) is 3.65. The van der Waals surface area contributed by atoms with Gasteiger partial charge in [0, 0.05) is 0 Å². The summed E-state index contributed by atoms with van der Waals surface area (Å²) in [6, 6.07) is 15.7. The maximum atomic E-state index is 13.1. The highest BCUT2D eigenvalue weighted by Crippen LogP contribution is 2.33. The van der Waals surface area contributed by atoms with Gasteiger partial charge in [0.2, 0.25) is 0 Å². The third-order valence-electron chi connectivity index (χ3n) is 4.16. The molecule has 0 bridgehead atoms. The number of imidazole rings is 1. The van der Waals surface area contributed by atoms with Crippen molar-refractivity contribution in [3.8, 4) is 28.3 Å². The highest BCUT2D eigenvalue weighted by atomic mass is 19.1. The van der Waals surface area contributed by atoms with Crippen LogP contribution in [0, 0.1) is 5.82 Å². The van der Waals surface area contributed by atoms with Gasteiger partial charge in [-0.15, -0.1) is 0 Å². The van der Waals surface area contributed by atoms with E-state index in [1.807, 2.05) is 0 Å². The van der Waals surface area contributed by atoms with Crippen LogP contribution in [0.5, 0.6) is 5.75 Å². The summed E-state index contributed by atoms with van der Waals surface area (Å²) < 4.78 is 13.1. The number of carboxylic acid groups (broad SMARTS) is 1. The van der Waals surface area contributed by atoms with Crippen molar-refractivity contribution >= 4 is 17.0 Å². The summed E-state index contributed by atoms with van der Waals surface area (Å²) in [5, 5.41) is 19.3. The first kappa shape index (κ1) is 15.8. The molecule has 4 rings (SSSR count). The summed E-state index contributed by atoms with van der Waals surface area (Å²) in [4.78, 5) is 18.6. The Morgan fingerprint density at radius 3 is 2.42 bits per heavy atom. The van der Waals surface area contributed by atoms with Crippen LogP contribution in [0.3, 0.4) is 0 Å². The molecule has 0 aliphatic rings. The number of hydrogen-bond acceptors (Lipinski definition) is 3. The number of carboxylic acids is 1. The number of aromatic nitrogens is 2. The lowest BCUT2D eigenvalue weighted by molar-refractivity contribution is 0.0697. The fraction of sp³-hybridized carbons (Fsp3) is 0. The number of aromatic amines is 1. The summed E-state index contributed by atoms with van der Waals surface area (Å²) in [6.45, 7) is 0. The Morgan fingerprint density at radius 1 is 0.962 bits per heavy atom. The second-order valence-corrected chi connectivity index (χ2v) is 5.86. The zero-order valence-electron chi connectivity index (χ0n) is 13.4. The van der Waals surface area contributed by atoms with Crippen molar-refractivity contribution in [2.75, 3.05) is 0 Å². The van der Waals surface area contributed by atoms with E-state index < -0.39 is 5.97 Å². The Bertz CT molecular complexity index is 1130. The maximum Gasteiger partial charge on any atom is 0.335 e. The van der Waals surface area contributed by atoms with Crippen molar-refractivity contribution in [3.63, 3.8) is 0 Å². The van der Waals surface area contributed by atoms with Gasteiger partial charge in [0.25, 0.3) is 0 Å².